The van der Waals surface area contributed by atoms with Crippen LogP contribution < -0.4 is 0 Å². The Hall–Kier alpha value is -3.68. The quantitative estimate of drug-likeness (QED) is 0.244. The molecule has 0 bridgehead atoms. The van der Waals surface area contributed by atoms with Crippen LogP contribution in [0.5, 0.6) is 0 Å². The van der Waals surface area contributed by atoms with Crippen molar-refractivity contribution in [2.75, 3.05) is 0 Å². The molecule has 0 amide bonds. The van der Waals surface area contributed by atoms with Crippen LogP contribution in [-0.2, 0) is 0 Å². The van der Waals surface area contributed by atoms with Gasteiger partial charge in [0.05, 0.1) is 0 Å². The predicted molar refractivity (Wildman–Crippen MR) is 143 cm³/mol. The number of benzene rings is 4. The van der Waals surface area contributed by atoms with E-state index in [1.54, 1.807) is 0 Å². The Kier molecular flexibility index (Phi) is 5.58. The first-order chi connectivity index (χ1) is 15.7. The van der Waals surface area contributed by atoms with Crippen molar-refractivity contribution in [3.8, 4) is 22.3 Å². The number of rotatable bonds is 5. The third-order valence-corrected chi connectivity index (χ3v) is 6.95. The van der Waals surface area contributed by atoms with Gasteiger partial charge in [-0.3, -0.25) is 0 Å². The smallest absolute Gasteiger partial charge is 0.0434 e. The zero-order valence-corrected chi connectivity index (χ0v) is 18.9. The Morgan fingerprint density at radius 1 is 0.719 bits per heavy atom. The molecule has 0 saturated carbocycles. The lowest BCUT2D eigenvalue weighted by Crippen LogP contribution is -1.83. The van der Waals surface area contributed by atoms with Crippen molar-refractivity contribution in [1.82, 2.24) is 0 Å². The van der Waals surface area contributed by atoms with Crippen LogP contribution in [-0.4, -0.2) is 0 Å². The number of fused-ring (bicyclic) bond motifs is 3. The van der Waals surface area contributed by atoms with Gasteiger partial charge >= 0.3 is 0 Å². The second-order valence-corrected chi connectivity index (χ2v) is 8.91. The van der Waals surface area contributed by atoms with Crippen LogP contribution in [0.3, 0.4) is 0 Å². The topological polar surface area (TPSA) is 0 Å². The molecule has 32 heavy (non-hydrogen) atoms. The van der Waals surface area contributed by atoms with Gasteiger partial charge in [0.2, 0.25) is 0 Å². The van der Waals surface area contributed by atoms with E-state index in [-0.39, 0.29) is 0 Å². The lowest BCUT2D eigenvalue weighted by Gasteiger charge is -2.09. The summed E-state index contributed by atoms with van der Waals surface area (Å²) >= 11 is 1.87. The molecule has 0 fully saturated rings. The molecule has 0 aliphatic rings. The molecule has 4 aromatic carbocycles. The van der Waals surface area contributed by atoms with Crippen molar-refractivity contribution in [3.63, 3.8) is 0 Å². The van der Waals surface area contributed by atoms with Crippen LogP contribution in [0.2, 0.25) is 0 Å². The standard InChI is InChI=1S/C31H24S/c1-3-4-7-12-22(2)25-17-18-30-28(19-25)29-21-26(23-13-8-5-9-14-23)20-27(31(29)32-30)24-15-10-6-11-16-24/h3-21H,2H2,1H3/b4-3-,12-7-. The average molecular weight is 429 g/mol. The monoisotopic (exact) mass is 428 g/mol. The SMILES string of the molecule is C=C(/C=C\C=C/C)c1ccc2sc3c(-c4ccccc4)cc(-c4ccccc4)cc3c2c1. The van der Waals surface area contributed by atoms with E-state index >= 15 is 0 Å². The molecule has 0 aliphatic heterocycles. The normalized spacial score (nSPS) is 11.8. The molecule has 0 nitrogen and oxygen atoms in total. The van der Waals surface area contributed by atoms with Crippen LogP contribution in [0.15, 0.2) is 122 Å². The van der Waals surface area contributed by atoms with E-state index in [4.69, 9.17) is 0 Å². The molecular weight excluding hydrogens is 404 g/mol. The van der Waals surface area contributed by atoms with Crippen molar-refractivity contribution in [2.24, 2.45) is 0 Å². The van der Waals surface area contributed by atoms with Crippen LogP contribution in [0.1, 0.15) is 12.5 Å². The fourth-order valence-electron chi connectivity index (χ4n) is 4.09. The minimum absolute atomic E-state index is 1.02. The van der Waals surface area contributed by atoms with Gasteiger partial charge in [-0.2, -0.15) is 0 Å². The maximum Gasteiger partial charge on any atom is 0.0434 e. The summed E-state index contributed by atoms with van der Waals surface area (Å²) in [5.74, 6) is 0. The van der Waals surface area contributed by atoms with E-state index in [2.05, 4.69) is 104 Å². The second-order valence-electron chi connectivity index (χ2n) is 7.86. The molecule has 0 unspecified atom stereocenters. The highest BCUT2D eigenvalue weighted by atomic mass is 32.1. The average Bonchev–Trinajstić information content (AvgIpc) is 3.22. The Morgan fingerprint density at radius 3 is 2.16 bits per heavy atom. The Balaban J connectivity index is 1.76. The van der Waals surface area contributed by atoms with Gasteiger partial charge in [0.15, 0.2) is 0 Å². The lowest BCUT2D eigenvalue weighted by atomic mass is 9.95. The Bertz CT molecular complexity index is 1470. The van der Waals surface area contributed by atoms with Gasteiger partial charge in [-0.15, -0.1) is 11.3 Å². The van der Waals surface area contributed by atoms with Gasteiger partial charge in [-0.25, -0.2) is 0 Å². The third-order valence-electron chi connectivity index (χ3n) is 5.73. The Morgan fingerprint density at radius 2 is 1.44 bits per heavy atom. The van der Waals surface area contributed by atoms with Crippen molar-refractivity contribution >= 4 is 37.1 Å². The summed E-state index contributed by atoms with van der Waals surface area (Å²) in [5, 5.41) is 2.59. The zero-order chi connectivity index (χ0) is 21.9. The lowest BCUT2D eigenvalue weighted by molar-refractivity contribution is 1.63. The van der Waals surface area contributed by atoms with Crippen molar-refractivity contribution in [3.05, 3.63) is 127 Å². The molecular formula is C31H24S. The number of hydrogen-bond donors (Lipinski definition) is 0. The molecule has 0 radical (unpaired) electrons. The van der Waals surface area contributed by atoms with Gasteiger partial charge < -0.3 is 0 Å². The fourth-order valence-corrected chi connectivity index (χ4v) is 5.29. The highest BCUT2D eigenvalue weighted by Crippen LogP contribution is 2.43. The number of allylic oxidation sites excluding steroid dienone is 5. The van der Waals surface area contributed by atoms with E-state index in [9.17, 15) is 0 Å². The highest BCUT2D eigenvalue weighted by molar-refractivity contribution is 7.26. The Labute approximate surface area is 193 Å². The van der Waals surface area contributed by atoms with Crippen molar-refractivity contribution in [2.45, 2.75) is 6.92 Å². The summed E-state index contributed by atoms with van der Waals surface area (Å²) in [5.41, 5.74) is 7.20. The molecule has 1 heterocycles. The molecule has 0 atom stereocenters. The molecule has 0 spiro atoms. The first-order valence-electron chi connectivity index (χ1n) is 10.8. The van der Waals surface area contributed by atoms with E-state index in [1.807, 2.05) is 36.5 Å². The van der Waals surface area contributed by atoms with Crippen LogP contribution in [0, 0.1) is 0 Å². The largest absolute Gasteiger partial charge is 0.135 e. The fraction of sp³-hybridized carbons (Fsp3) is 0.0323. The van der Waals surface area contributed by atoms with E-state index in [0.29, 0.717) is 0 Å². The zero-order valence-electron chi connectivity index (χ0n) is 18.1. The van der Waals surface area contributed by atoms with Crippen LogP contribution >= 0.6 is 11.3 Å². The van der Waals surface area contributed by atoms with Crippen molar-refractivity contribution < 1.29 is 0 Å². The second kappa shape index (κ2) is 8.82. The maximum atomic E-state index is 4.28. The molecule has 1 aromatic heterocycles. The summed E-state index contributed by atoms with van der Waals surface area (Å²) < 4.78 is 2.63. The van der Waals surface area contributed by atoms with Crippen LogP contribution in [0.4, 0.5) is 0 Å². The summed E-state index contributed by atoms with van der Waals surface area (Å²) in [6.45, 7) is 6.30. The van der Waals surface area contributed by atoms with Gasteiger partial charge in [0, 0.05) is 25.7 Å². The van der Waals surface area contributed by atoms with Gasteiger partial charge in [0.1, 0.15) is 0 Å². The molecule has 154 valence electrons. The van der Waals surface area contributed by atoms with Gasteiger partial charge in [0.25, 0.3) is 0 Å². The minimum atomic E-state index is 1.02. The van der Waals surface area contributed by atoms with E-state index in [1.165, 1.54) is 42.4 Å². The maximum absolute atomic E-state index is 4.28. The highest BCUT2D eigenvalue weighted by Gasteiger charge is 2.14. The molecule has 5 rings (SSSR count). The van der Waals surface area contributed by atoms with E-state index in [0.717, 1.165) is 11.1 Å². The van der Waals surface area contributed by atoms with E-state index < -0.39 is 0 Å². The molecule has 0 N–H and O–H groups in total. The van der Waals surface area contributed by atoms with Gasteiger partial charge in [-0.05, 0) is 59.0 Å². The van der Waals surface area contributed by atoms with Crippen molar-refractivity contribution in [1.29, 1.82) is 0 Å². The van der Waals surface area contributed by atoms with Gasteiger partial charge in [-0.1, -0.05) is 97.6 Å². The number of thiophene rings is 1. The summed E-state index contributed by atoms with van der Waals surface area (Å²) in [4.78, 5) is 0. The number of hydrogen-bond acceptors (Lipinski definition) is 1. The molecule has 1 heteroatoms. The summed E-state index contributed by atoms with van der Waals surface area (Å²) in [6, 6.07) is 32.7. The first-order valence-corrected chi connectivity index (χ1v) is 11.7. The summed E-state index contributed by atoms with van der Waals surface area (Å²) in [7, 11) is 0. The van der Waals surface area contributed by atoms with Crippen LogP contribution in [0.25, 0.3) is 48.0 Å². The summed E-state index contributed by atoms with van der Waals surface area (Å²) in [6.07, 6.45) is 8.16. The minimum Gasteiger partial charge on any atom is -0.135 e. The first kappa shape index (κ1) is 20.2. The molecule has 0 saturated heterocycles. The molecule has 0 aliphatic carbocycles. The molecule has 5 aromatic rings. The third kappa shape index (κ3) is 3.84. The predicted octanol–water partition coefficient (Wildman–Crippen LogP) is 9.53.